The molecule has 2 aromatic heterocycles. The number of methoxy groups -OCH3 is 1. The van der Waals surface area contributed by atoms with Crippen LogP contribution in [0.4, 0.5) is 24.8 Å². The molecule has 17 heteroatoms. The molecule has 0 aliphatic carbocycles. The van der Waals surface area contributed by atoms with Gasteiger partial charge in [-0.25, -0.2) is 4.68 Å². The van der Waals surface area contributed by atoms with E-state index in [1.54, 1.807) is 71.9 Å². The van der Waals surface area contributed by atoms with Crippen LogP contribution in [0.1, 0.15) is 82.9 Å². The molecule has 14 nitrogen and oxygen atoms in total. The lowest BCUT2D eigenvalue weighted by Crippen LogP contribution is -2.50. The predicted molar refractivity (Wildman–Crippen MR) is 251 cm³/mol. The molecule has 7 aromatic rings. The first-order valence-electron chi connectivity index (χ1n) is 22.1. The van der Waals surface area contributed by atoms with Crippen LogP contribution in [-0.4, -0.2) is 69.0 Å². The van der Waals surface area contributed by atoms with Gasteiger partial charge in [0.2, 0.25) is 11.8 Å². The number of para-hydroxylation sites is 1. The molecule has 69 heavy (non-hydrogen) atoms. The van der Waals surface area contributed by atoms with Gasteiger partial charge in [0, 0.05) is 47.6 Å². The normalized spacial score (nSPS) is 17.5. The summed E-state index contributed by atoms with van der Waals surface area (Å²) in [7, 11) is 3.25. The average molecular weight is 937 g/mol. The van der Waals surface area contributed by atoms with Crippen LogP contribution in [0.15, 0.2) is 121 Å². The van der Waals surface area contributed by atoms with Gasteiger partial charge in [0.25, 0.3) is 11.8 Å². The number of ether oxygens (including phenoxy) is 2. The fourth-order valence-electron chi connectivity index (χ4n) is 9.28. The Labute approximate surface area is 394 Å². The van der Waals surface area contributed by atoms with Crippen molar-refractivity contribution >= 4 is 35.3 Å². The number of nitrogens with zero attached hydrogens (tertiary/aromatic N) is 4. The van der Waals surface area contributed by atoms with Gasteiger partial charge in [-0.1, -0.05) is 66.2 Å². The number of hydrogen-bond donors (Lipinski definition) is 4. The first-order valence-corrected chi connectivity index (χ1v) is 22.1. The Morgan fingerprint density at radius 3 is 1.93 bits per heavy atom. The summed E-state index contributed by atoms with van der Waals surface area (Å²) < 4.78 is 56.2. The van der Waals surface area contributed by atoms with Crippen LogP contribution < -0.4 is 30.7 Å². The summed E-state index contributed by atoms with van der Waals surface area (Å²) in [6.07, 6.45) is -4.21. The van der Waals surface area contributed by atoms with E-state index in [2.05, 4.69) is 26.4 Å². The van der Waals surface area contributed by atoms with E-state index >= 15 is 0 Å². The molecule has 9 rings (SSSR count). The summed E-state index contributed by atoms with van der Waals surface area (Å²) in [6, 6.07) is 30.8. The molecular weight excluding hydrogens is 890 g/mol. The predicted octanol–water partition coefficient (Wildman–Crippen LogP) is 7.95. The van der Waals surface area contributed by atoms with E-state index in [0.29, 0.717) is 68.9 Å². The van der Waals surface area contributed by atoms with Crippen molar-refractivity contribution in [3.8, 4) is 17.2 Å². The number of alkyl halides is 3. The molecule has 0 bridgehead atoms. The molecule has 4 amide bonds. The minimum absolute atomic E-state index is 0.169. The van der Waals surface area contributed by atoms with Gasteiger partial charge >= 0.3 is 6.18 Å². The highest BCUT2D eigenvalue weighted by Crippen LogP contribution is 2.43. The van der Waals surface area contributed by atoms with E-state index in [0.717, 1.165) is 28.8 Å². The van der Waals surface area contributed by atoms with Gasteiger partial charge in [-0.15, -0.1) is 0 Å². The van der Waals surface area contributed by atoms with Crippen molar-refractivity contribution in [3.05, 3.63) is 183 Å². The van der Waals surface area contributed by atoms with Gasteiger partial charge < -0.3 is 30.7 Å². The van der Waals surface area contributed by atoms with E-state index in [4.69, 9.17) is 14.6 Å². The zero-order chi connectivity index (χ0) is 48.7. The highest BCUT2D eigenvalue weighted by Gasteiger charge is 2.44. The zero-order valence-corrected chi connectivity index (χ0v) is 38.1. The van der Waals surface area contributed by atoms with E-state index in [1.807, 2.05) is 62.4 Å². The number of hydrogen-bond acceptors (Lipinski definition) is 8. The van der Waals surface area contributed by atoms with E-state index in [1.165, 1.54) is 19.2 Å². The second-order valence-electron chi connectivity index (χ2n) is 17.1. The van der Waals surface area contributed by atoms with Gasteiger partial charge in [0.1, 0.15) is 23.7 Å². The van der Waals surface area contributed by atoms with Crippen LogP contribution in [0.3, 0.4) is 0 Å². The highest BCUT2D eigenvalue weighted by molar-refractivity contribution is 6.05. The minimum atomic E-state index is -4.57. The number of carbonyl (C=O) groups excluding carboxylic acids is 4. The summed E-state index contributed by atoms with van der Waals surface area (Å²) in [5, 5.41) is 20.9. The van der Waals surface area contributed by atoms with Crippen molar-refractivity contribution in [1.82, 2.24) is 30.2 Å². The number of anilines is 2. The summed E-state index contributed by atoms with van der Waals surface area (Å²) >= 11 is 0. The fourth-order valence-corrected chi connectivity index (χ4v) is 9.28. The fraction of sp³-hybridized carbons (Fsp3) is 0.231. The molecule has 0 spiro atoms. The quantitative estimate of drug-likeness (QED) is 0.0957. The van der Waals surface area contributed by atoms with Crippen molar-refractivity contribution in [1.29, 1.82) is 0 Å². The molecule has 0 saturated heterocycles. The van der Waals surface area contributed by atoms with Gasteiger partial charge in [-0.05, 0) is 98.1 Å². The van der Waals surface area contributed by atoms with E-state index in [-0.39, 0.29) is 12.2 Å². The zero-order valence-electron chi connectivity index (χ0n) is 38.1. The Balaban J connectivity index is 0.930. The summed E-state index contributed by atoms with van der Waals surface area (Å²) in [4.78, 5) is 55.4. The molecule has 4 heterocycles. The van der Waals surface area contributed by atoms with Gasteiger partial charge in [0.15, 0.2) is 11.5 Å². The van der Waals surface area contributed by atoms with Crippen molar-refractivity contribution in [2.75, 3.05) is 24.4 Å². The molecule has 2 aliphatic rings. The topological polar surface area (TPSA) is 170 Å². The third-order valence-electron chi connectivity index (χ3n) is 12.5. The Bertz CT molecular complexity index is 3130. The number of aryl methyl sites for hydroxylation is 4. The number of aromatic nitrogens is 4. The number of nitrogens with one attached hydrogen (secondary N) is 4. The lowest BCUT2D eigenvalue weighted by molar-refractivity contribution is -0.137. The first-order chi connectivity index (χ1) is 33.1. The van der Waals surface area contributed by atoms with Gasteiger partial charge in [-0.2, -0.15) is 23.4 Å². The molecule has 352 valence electrons. The molecule has 0 fully saturated rings. The van der Waals surface area contributed by atoms with Crippen LogP contribution >= 0.6 is 0 Å². The van der Waals surface area contributed by atoms with E-state index < -0.39 is 59.3 Å². The minimum Gasteiger partial charge on any atom is -0.493 e. The Morgan fingerprint density at radius 1 is 0.681 bits per heavy atom. The second-order valence-corrected chi connectivity index (χ2v) is 17.1. The molecular formula is C52H47F3N8O6. The highest BCUT2D eigenvalue weighted by atomic mass is 19.4. The number of amides is 4. The molecule has 4 atom stereocenters. The third-order valence-corrected chi connectivity index (χ3v) is 12.5. The van der Waals surface area contributed by atoms with Crippen molar-refractivity contribution in [2.45, 2.75) is 57.3 Å². The van der Waals surface area contributed by atoms with Crippen LogP contribution in [0, 0.1) is 20.8 Å². The lowest BCUT2D eigenvalue weighted by atomic mass is 9.81. The summed E-state index contributed by atoms with van der Waals surface area (Å²) in [5.41, 5.74) is 5.73. The number of carbonyl (C=O) groups is 4. The molecule has 0 saturated carbocycles. The summed E-state index contributed by atoms with van der Waals surface area (Å²) in [6.45, 7) is 5.65. The average Bonchev–Trinajstić information content (AvgIpc) is 3.81. The molecule has 5 aromatic carbocycles. The van der Waals surface area contributed by atoms with Crippen LogP contribution in [-0.2, 0) is 29.2 Å². The maximum Gasteiger partial charge on any atom is 0.416 e. The van der Waals surface area contributed by atoms with Crippen molar-refractivity contribution in [3.63, 3.8) is 0 Å². The standard InChI is InChI=1S/C52H47F3N8O6/c1-28-11-9-13-34(25-28)48(64)57-45-43(40-29(2)60-62(4)46(40)58-50(45)66)33-19-22-38(39(27-33)68-5)69-24-23-31-12-10-14-35(26-31)49(65)56-44-42(32-17-20-36(21-18-32)52(53,54)55)41-30(3)61-63(47(41)59-51(44)67)37-15-7-6-8-16-37/h6-22,25-27,42-45H,23-24H2,1-5H3,(H,56,65)(H,57,64)(H,58,66)(H,59,67)/t42-,43-,44+,45+/m0/s1. The SMILES string of the molecule is COc1cc([C@H]2c3c(C)nn(C)c3NC(=O)[C@@H]2NC(=O)c2cccc(C)c2)ccc1OCCc1cccc(C(=O)N[C@H]2C(=O)Nc3c(c(C)nn3-c3ccccc3)[C@@H]2c2ccc(C(F)(F)F)cc2)c1. The number of halogens is 3. The van der Waals surface area contributed by atoms with Crippen molar-refractivity contribution in [2.24, 2.45) is 7.05 Å². The second kappa shape index (κ2) is 18.5. The van der Waals surface area contributed by atoms with Gasteiger partial charge in [-0.3, -0.25) is 23.9 Å². The molecule has 4 N–H and O–H groups in total. The largest absolute Gasteiger partial charge is 0.493 e. The van der Waals surface area contributed by atoms with Crippen LogP contribution in [0.25, 0.3) is 5.69 Å². The number of rotatable bonds is 12. The first kappa shape index (κ1) is 45.9. The molecule has 0 unspecified atom stereocenters. The van der Waals surface area contributed by atoms with Crippen molar-refractivity contribution < 1.29 is 41.8 Å². The number of benzene rings is 5. The Hall–Kier alpha value is -8.21. The van der Waals surface area contributed by atoms with Gasteiger partial charge in [0.05, 0.1) is 36.4 Å². The lowest BCUT2D eigenvalue weighted by Gasteiger charge is -2.33. The van der Waals surface area contributed by atoms with Crippen LogP contribution in [0.2, 0.25) is 0 Å². The molecule has 2 aliphatic heterocycles. The maximum atomic E-state index is 14.1. The smallest absolute Gasteiger partial charge is 0.416 e. The molecule has 0 radical (unpaired) electrons. The Kier molecular flexibility index (Phi) is 12.3. The third kappa shape index (κ3) is 9.02. The summed E-state index contributed by atoms with van der Waals surface area (Å²) in [5.74, 6) is -1.74. The maximum absolute atomic E-state index is 14.1. The Morgan fingerprint density at radius 2 is 1.28 bits per heavy atom. The van der Waals surface area contributed by atoms with E-state index in [9.17, 15) is 32.3 Å². The van der Waals surface area contributed by atoms with Crippen LogP contribution in [0.5, 0.6) is 11.5 Å². The number of fused-ring (bicyclic) bond motifs is 2. The monoisotopic (exact) mass is 936 g/mol.